The summed E-state index contributed by atoms with van der Waals surface area (Å²) in [5.74, 6) is 1.17. The van der Waals surface area contributed by atoms with E-state index in [1.807, 2.05) is 24.0 Å². The largest absolute Gasteiger partial charge is 0.396 e. The maximum absolute atomic E-state index is 5.95. The van der Waals surface area contributed by atoms with Crippen LogP contribution in [0.5, 0.6) is 0 Å². The standard InChI is InChI=1S/C11H17N3S/c1-8-9(2)15-6-5-14(8)11-3-4-13-7-10(11)12/h3-4,7-9H,5-6,12H2,1-2H3. The Morgan fingerprint density at radius 2 is 2.33 bits per heavy atom. The monoisotopic (exact) mass is 223 g/mol. The van der Waals surface area contributed by atoms with Crippen molar-refractivity contribution in [2.75, 3.05) is 22.9 Å². The first-order chi connectivity index (χ1) is 7.20. The van der Waals surface area contributed by atoms with Gasteiger partial charge in [-0.2, -0.15) is 11.8 Å². The van der Waals surface area contributed by atoms with Crippen LogP contribution in [-0.2, 0) is 0 Å². The zero-order valence-electron chi connectivity index (χ0n) is 9.18. The van der Waals surface area contributed by atoms with Crippen molar-refractivity contribution in [3.05, 3.63) is 18.5 Å². The number of nitrogens with two attached hydrogens (primary N) is 1. The van der Waals surface area contributed by atoms with Crippen LogP contribution in [0, 0.1) is 0 Å². The van der Waals surface area contributed by atoms with Gasteiger partial charge in [0.15, 0.2) is 0 Å². The highest BCUT2D eigenvalue weighted by molar-refractivity contribution is 8.00. The van der Waals surface area contributed by atoms with Gasteiger partial charge in [0, 0.05) is 29.8 Å². The number of thioether (sulfide) groups is 1. The van der Waals surface area contributed by atoms with E-state index in [9.17, 15) is 0 Å². The summed E-state index contributed by atoms with van der Waals surface area (Å²) < 4.78 is 0. The molecule has 1 aromatic heterocycles. The lowest BCUT2D eigenvalue weighted by Gasteiger charge is -2.39. The smallest absolute Gasteiger partial charge is 0.0738 e. The molecule has 4 heteroatoms. The molecule has 0 radical (unpaired) electrons. The second-order valence-electron chi connectivity index (χ2n) is 3.94. The minimum Gasteiger partial charge on any atom is -0.396 e. The second-order valence-corrected chi connectivity index (χ2v) is 5.43. The van der Waals surface area contributed by atoms with Crippen LogP contribution in [0.1, 0.15) is 13.8 Å². The Kier molecular flexibility index (Phi) is 3.05. The van der Waals surface area contributed by atoms with E-state index >= 15 is 0 Å². The molecule has 15 heavy (non-hydrogen) atoms. The number of pyridine rings is 1. The maximum Gasteiger partial charge on any atom is 0.0738 e. The first kappa shape index (κ1) is 10.6. The maximum atomic E-state index is 5.95. The van der Waals surface area contributed by atoms with Gasteiger partial charge in [0.05, 0.1) is 17.6 Å². The summed E-state index contributed by atoms with van der Waals surface area (Å²) in [6, 6.07) is 2.54. The van der Waals surface area contributed by atoms with Crippen LogP contribution >= 0.6 is 11.8 Å². The van der Waals surface area contributed by atoms with Crippen LogP contribution in [0.2, 0.25) is 0 Å². The number of nitrogens with zero attached hydrogens (tertiary/aromatic N) is 2. The highest BCUT2D eigenvalue weighted by atomic mass is 32.2. The molecule has 2 rings (SSSR count). The van der Waals surface area contributed by atoms with E-state index in [4.69, 9.17) is 5.73 Å². The van der Waals surface area contributed by atoms with Gasteiger partial charge in [-0.15, -0.1) is 0 Å². The molecule has 0 saturated carbocycles. The van der Waals surface area contributed by atoms with Crippen molar-refractivity contribution in [1.29, 1.82) is 0 Å². The molecule has 0 spiro atoms. The van der Waals surface area contributed by atoms with Gasteiger partial charge in [0.2, 0.25) is 0 Å². The lowest BCUT2D eigenvalue weighted by atomic mass is 10.1. The van der Waals surface area contributed by atoms with Gasteiger partial charge < -0.3 is 10.6 Å². The molecule has 0 aromatic carbocycles. The molecule has 1 aliphatic heterocycles. The first-order valence-corrected chi connectivity index (χ1v) is 6.32. The minimum absolute atomic E-state index is 0.536. The average molecular weight is 223 g/mol. The second kappa shape index (κ2) is 4.31. The van der Waals surface area contributed by atoms with E-state index in [1.165, 1.54) is 5.75 Å². The van der Waals surface area contributed by atoms with Crippen LogP contribution < -0.4 is 10.6 Å². The summed E-state index contributed by atoms with van der Waals surface area (Å²) in [6.07, 6.45) is 3.54. The Labute approximate surface area is 95.1 Å². The van der Waals surface area contributed by atoms with Crippen molar-refractivity contribution in [2.45, 2.75) is 25.1 Å². The third-order valence-electron chi connectivity index (χ3n) is 3.02. The van der Waals surface area contributed by atoms with Gasteiger partial charge in [-0.05, 0) is 13.0 Å². The Hall–Kier alpha value is -0.900. The summed E-state index contributed by atoms with van der Waals surface area (Å²) in [5, 5.41) is 0.659. The molecule has 2 heterocycles. The number of hydrogen-bond donors (Lipinski definition) is 1. The van der Waals surface area contributed by atoms with Crippen LogP contribution in [0.25, 0.3) is 0 Å². The van der Waals surface area contributed by atoms with Crippen LogP contribution in [0.15, 0.2) is 18.5 Å². The van der Waals surface area contributed by atoms with Crippen molar-refractivity contribution >= 4 is 23.1 Å². The lowest BCUT2D eigenvalue weighted by Crippen LogP contribution is -2.45. The van der Waals surface area contributed by atoms with E-state index in [2.05, 4.69) is 23.7 Å². The summed E-state index contributed by atoms with van der Waals surface area (Å²) >= 11 is 2.03. The van der Waals surface area contributed by atoms with Gasteiger partial charge in [-0.25, -0.2) is 0 Å². The summed E-state index contributed by atoms with van der Waals surface area (Å²) in [7, 11) is 0. The fourth-order valence-corrected chi connectivity index (χ4v) is 3.03. The van der Waals surface area contributed by atoms with Crippen molar-refractivity contribution < 1.29 is 0 Å². The molecule has 2 atom stereocenters. The van der Waals surface area contributed by atoms with Crippen molar-refractivity contribution in [3.8, 4) is 0 Å². The van der Waals surface area contributed by atoms with Gasteiger partial charge in [-0.3, -0.25) is 4.98 Å². The molecule has 0 amide bonds. The van der Waals surface area contributed by atoms with E-state index in [0.29, 0.717) is 11.3 Å². The number of aromatic nitrogens is 1. The molecular weight excluding hydrogens is 206 g/mol. The zero-order chi connectivity index (χ0) is 10.8. The molecule has 2 unspecified atom stereocenters. The topological polar surface area (TPSA) is 42.2 Å². The number of rotatable bonds is 1. The number of anilines is 2. The molecular formula is C11H17N3S. The average Bonchev–Trinajstić information content (AvgIpc) is 2.23. The zero-order valence-corrected chi connectivity index (χ0v) is 10.00. The van der Waals surface area contributed by atoms with Gasteiger partial charge in [-0.1, -0.05) is 6.92 Å². The Balaban J connectivity index is 2.26. The predicted molar refractivity (Wildman–Crippen MR) is 67.4 cm³/mol. The Morgan fingerprint density at radius 1 is 1.53 bits per heavy atom. The highest BCUT2D eigenvalue weighted by Crippen LogP contribution is 2.31. The molecule has 1 aliphatic rings. The van der Waals surface area contributed by atoms with Gasteiger partial charge in [0.25, 0.3) is 0 Å². The van der Waals surface area contributed by atoms with E-state index in [0.717, 1.165) is 17.9 Å². The van der Waals surface area contributed by atoms with Crippen LogP contribution in [0.4, 0.5) is 11.4 Å². The molecule has 0 aliphatic carbocycles. The van der Waals surface area contributed by atoms with Gasteiger partial charge >= 0.3 is 0 Å². The van der Waals surface area contributed by atoms with Crippen molar-refractivity contribution in [3.63, 3.8) is 0 Å². The minimum atomic E-state index is 0.536. The van der Waals surface area contributed by atoms with E-state index in [1.54, 1.807) is 6.20 Å². The summed E-state index contributed by atoms with van der Waals surface area (Å²) in [4.78, 5) is 6.41. The lowest BCUT2D eigenvalue weighted by molar-refractivity contribution is 0.628. The van der Waals surface area contributed by atoms with E-state index in [-0.39, 0.29) is 0 Å². The van der Waals surface area contributed by atoms with Crippen LogP contribution in [-0.4, -0.2) is 28.6 Å². The van der Waals surface area contributed by atoms with Crippen LogP contribution in [0.3, 0.4) is 0 Å². The van der Waals surface area contributed by atoms with Gasteiger partial charge in [0.1, 0.15) is 0 Å². The fraction of sp³-hybridized carbons (Fsp3) is 0.545. The first-order valence-electron chi connectivity index (χ1n) is 5.28. The fourth-order valence-electron chi connectivity index (χ4n) is 1.93. The summed E-state index contributed by atoms with van der Waals surface area (Å²) in [5.41, 5.74) is 7.86. The molecule has 1 saturated heterocycles. The predicted octanol–water partition coefficient (Wildman–Crippen LogP) is 1.99. The molecule has 1 fully saturated rings. The molecule has 2 N–H and O–H groups in total. The van der Waals surface area contributed by atoms with Crippen molar-refractivity contribution in [2.24, 2.45) is 0 Å². The molecule has 3 nitrogen and oxygen atoms in total. The third-order valence-corrected chi connectivity index (χ3v) is 4.36. The highest BCUT2D eigenvalue weighted by Gasteiger charge is 2.26. The van der Waals surface area contributed by atoms with Crippen molar-refractivity contribution in [1.82, 2.24) is 4.98 Å². The van der Waals surface area contributed by atoms with E-state index < -0.39 is 0 Å². The molecule has 82 valence electrons. The number of hydrogen-bond acceptors (Lipinski definition) is 4. The molecule has 1 aromatic rings. The quantitative estimate of drug-likeness (QED) is 0.790. The molecule has 0 bridgehead atoms. The Bertz CT molecular complexity index is 342. The number of nitrogen functional groups attached to an aromatic ring is 1. The Morgan fingerprint density at radius 3 is 3.07 bits per heavy atom. The third kappa shape index (κ3) is 2.04. The summed E-state index contributed by atoms with van der Waals surface area (Å²) in [6.45, 7) is 5.61. The SMILES string of the molecule is CC1SCCN(c2ccncc2N)C1C. The normalized spacial score (nSPS) is 26.7.